The highest BCUT2D eigenvalue weighted by Crippen LogP contribution is 2.14. The summed E-state index contributed by atoms with van der Waals surface area (Å²) in [5.41, 5.74) is 0. The van der Waals surface area contributed by atoms with E-state index in [1.165, 1.54) is 0 Å². The van der Waals surface area contributed by atoms with Gasteiger partial charge in [-0.1, -0.05) is 13.8 Å². The molecule has 0 spiro atoms. The van der Waals surface area contributed by atoms with Crippen molar-refractivity contribution >= 4 is 5.91 Å². The van der Waals surface area contributed by atoms with E-state index in [1.807, 2.05) is 18.7 Å². The van der Waals surface area contributed by atoms with Crippen molar-refractivity contribution in [1.82, 2.24) is 10.2 Å². The van der Waals surface area contributed by atoms with Gasteiger partial charge in [0.25, 0.3) is 0 Å². The van der Waals surface area contributed by atoms with Crippen molar-refractivity contribution in [3.05, 3.63) is 0 Å². The average molecular weight is 256 g/mol. The molecule has 106 valence electrons. The van der Waals surface area contributed by atoms with Crippen LogP contribution >= 0.6 is 0 Å². The van der Waals surface area contributed by atoms with Gasteiger partial charge in [-0.05, 0) is 39.0 Å². The summed E-state index contributed by atoms with van der Waals surface area (Å²) < 4.78 is 5.51. The average Bonchev–Trinajstić information content (AvgIpc) is 2.59. The molecule has 1 aliphatic heterocycles. The maximum absolute atomic E-state index is 11.8. The van der Waals surface area contributed by atoms with Gasteiger partial charge in [0.05, 0.1) is 18.8 Å². The van der Waals surface area contributed by atoms with E-state index >= 15 is 0 Å². The molecule has 0 radical (unpaired) electrons. The lowest BCUT2D eigenvalue weighted by Crippen LogP contribution is -2.39. The smallest absolute Gasteiger partial charge is 0.237 e. The minimum absolute atomic E-state index is 0.239. The lowest BCUT2D eigenvalue weighted by Gasteiger charge is -2.25. The standard InChI is InChI=1S/C14H28N2O2/c1-11(2)9-13-15-10-14(17)16(13)7-5-6-8-18-12(3)4/h11-13,15H,5-10H2,1-4H3. The lowest BCUT2D eigenvalue weighted by molar-refractivity contribution is -0.128. The maximum Gasteiger partial charge on any atom is 0.237 e. The van der Waals surface area contributed by atoms with Crippen LogP contribution in [0.1, 0.15) is 47.0 Å². The van der Waals surface area contributed by atoms with Crippen LogP contribution in [-0.2, 0) is 9.53 Å². The first kappa shape index (κ1) is 15.4. The topological polar surface area (TPSA) is 41.6 Å². The van der Waals surface area contributed by atoms with Gasteiger partial charge in [-0.15, -0.1) is 0 Å². The number of ether oxygens (including phenoxy) is 1. The van der Waals surface area contributed by atoms with Crippen molar-refractivity contribution in [2.75, 3.05) is 19.7 Å². The van der Waals surface area contributed by atoms with Gasteiger partial charge in [0.1, 0.15) is 0 Å². The van der Waals surface area contributed by atoms with E-state index < -0.39 is 0 Å². The van der Waals surface area contributed by atoms with E-state index in [0.29, 0.717) is 18.6 Å². The maximum atomic E-state index is 11.8. The molecule has 1 unspecified atom stereocenters. The molecule has 1 N–H and O–H groups in total. The highest BCUT2D eigenvalue weighted by molar-refractivity contribution is 5.80. The Balaban J connectivity index is 2.23. The number of unbranched alkanes of at least 4 members (excludes halogenated alkanes) is 1. The number of hydrogen-bond donors (Lipinski definition) is 1. The van der Waals surface area contributed by atoms with Gasteiger partial charge >= 0.3 is 0 Å². The Kier molecular flexibility index (Phi) is 6.65. The molecule has 0 aromatic rings. The van der Waals surface area contributed by atoms with Crippen molar-refractivity contribution in [2.24, 2.45) is 5.92 Å². The molecule has 18 heavy (non-hydrogen) atoms. The van der Waals surface area contributed by atoms with Crippen LogP contribution in [0.3, 0.4) is 0 Å². The second-order valence-electron chi connectivity index (χ2n) is 5.74. The number of carbonyl (C=O) groups is 1. The lowest BCUT2D eigenvalue weighted by atomic mass is 10.1. The summed E-state index contributed by atoms with van der Waals surface area (Å²) >= 11 is 0. The molecule has 0 aromatic carbocycles. The number of amides is 1. The molecule has 0 bridgehead atoms. The normalized spacial score (nSPS) is 20.4. The van der Waals surface area contributed by atoms with Gasteiger partial charge in [0, 0.05) is 13.2 Å². The van der Waals surface area contributed by atoms with E-state index in [9.17, 15) is 4.79 Å². The summed E-state index contributed by atoms with van der Waals surface area (Å²) in [6.07, 6.45) is 3.62. The number of nitrogens with one attached hydrogen (secondary N) is 1. The highest BCUT2D eigenvalue weighted by Gasteiger charge is 2.29. The van der Waals surface area contributed by atoms with Crippen LogP contribution in [0, 0.1) is 5.92 Å². The molecule has 1 aliphatic rings. The van der Waals surface area contributed by atoms with Gasteiger partial charge in [0.2, 0.25) is 5.91 Å². The summed E-state index contributed by atoms with van der Waals surface area (Å²) in [6.45, 7) is 10.6. The summed E-state index contributed by atoms with van der Waals surface area (Å²) in [5, 5.41) is 3.29. The zero-order chi connectivity index (χ0) is 13.5. The van der Waals surface area contributed by atoms with Crippen LogP contribution < -0.4 is 5.32 Å². The first-order chi connectivity index (χ1) is 8.50. The highest BCUT2D eigenvalue weighted by atomic mass is 16.5. The number of hydrogen-bond acceptors (Lipinski definition) is 3. The molecule has 1 fully saturated rings. The van der Waals surface area contributed by atoms with Crippen LogP contribution in [0.2, 0.25) is 0 Å². The van der Waals surface area contributed by atoms with Gasteiger partial charge in [-0.2, -0.15) is 0 Å². The molecule has 0 aliphatic carbocycles. The van der Waals surface area contributed by atoms with Crippen molar-refractivity contribution in [2.45, 2.75) is 59.2 Å². The second-order valence-corrected chi connectivity index (χ2v) is 5.74. The Morgan fingerprint density at radius 2 is 2.06 bits per heavy atom. The van der Waals surface area contributed by atoms with Crippen LogP contribution in [0.5, 0.6) is 0 Å². The Labute approximate surface area is 111 Å². The van der Waals surface area contributed by atoms with Crippen molar-refractivity contribution in [3.8, 4) is 0 Å². The Morgan fingerprint density at radius 1 is 1.33 bits per heavy atom. The van der Waals surface area contributed by atoms with Crippen molar-refractivity contribution in [1.29, 1.82) is 0 Å². The molecule has 1 heterocycles. The Bertz CT molecular complexity index is 254. The molecule has 4 nitrogen and oxygen atoms in total. The molecule has 1 amide bonds. The molecule has 1 saturated heterocycles. The first-order valence-electron chi connectivity index (χ1n) is 7.15. The molecule has 0 aromatic heterocycles. The monoisotopic (exact) mass is 256 g/mol. The third-order valence-electron chi connectivity index (χ3n) is 3.12. The second kappa shape index (κ2) is 7.74. The predicted octanol–water partition coefficient (Wildman–Crippen LogP) is 2.00. The number of carbonyl (C=O) groups excluding carboxylic acids is 1. The van der Waals surface area contributed by atoms with E-state index in [0.717, 1.165) is 32.4 Å². The number of rotatable bonds is 8. The number of nitrogens with zero attached hydrogens (tertiary/aromatic N) is 1. The zero-order valence-corrected chi connectivity index (χ0v) is 12.2. The summed E-state index contributed by atoms with van der Waals surface area (Å²) in [7, 11) is 0. The molecule has 1 rings (SSSR count). The molecular weight excluding hydrogens is 228 g/mol. The minimum Gasteiger partial charge on any atom is -0.379 e. The quantitative estimate of drug-likeness (QED) is 0.675. The SMILES string of the molecule is CC(C)CC1NCC(=O)N1CCCCOC(C)C. The third kappa shape index (κ3) is 5.36. The largest absolute Gasteiger partial charge is 0.379 e. The summed E-state index contributed by atoms with van der Waals surface area (Å²) in [6, 6.07) is 0. The fourth-order valence-corrected chi connectivity index (χ4v) is 2.23. The van der Waals surface area contributed by atoms with Crippen LogP contribution in [-0.4, -0.2) is 42.8 Å². The van der Waals surface area contributed by atoms with E-state index in [4.69, 9.17) is 4.74 Å². The van der Waals surface area contributed by atoms with Crippen LogP contribution in [0.25, 0.3) is 0 Å². The van der Waals surface area contributed by atoms with E-state index in [-0.39, 0.29) is 12.1 Å². The van der Waals surface area contributed by atoms with Crippen molar-refractivity contribution < 1.29 is 9.53 Å². The Hall–Kier alpha value is -0.610. The van der Waals surface area contributed by atoms with Crippen molar-refractivity contribution in [3.63, 3.8) is 0 Å². The molecule has 1 atom stereocenters. The third-order valence-corrected chi connectivity index (χ3v) is 3.12. The van der Waals surface area contributed by atoms with Crippen LogP contribution in [0.15, 0.2) is 0 Å². The van der Waals surface area contributed by atoms with E-state index in [2.05, 4.69) is 19.2 Å². The Morgan fingerprint density at radius 3 is 2.67 bits per heavy atom. The minimum atomic E-state index is 0.239. The fraction of sp³-hybridized carbons (Fsp3) is 0.929. The predicted molar refractivity (Wildman–Crippen MR) is 73.3 cm³/mol. The van der Waals surface area contributed by atoms with Crippen LogP contribution in [0.4, 0.5) is 0 Å². The van der Waals surface area contributed by atoms with Gasteiger partial charge in [-0.25, -0.2) is 0 Å². The first-order valence-corrected chi connectivity index (χ1v) is 7.15. The molecule has 4 heteroatoms. The summed E-state index contributed by atoms with van der Waals surface area (Å²) in [5.74, 6) is 0.852. The fourth-order valence-electron chi connectivity index (χ4n) is 2.23. The van der Waals surface area contributed by atoms with Gasteiger partial charge in [-0.3, -0.25) is 10.1 Å². The van der Waals surface area contributed by atoms with Gasteiger partial charge in [0.15, 0.2) is 0 Å². The molecular formula is C14H28N2O2. The van der Waals surface area contributed by atoms with Gasteiger partial charge < -0.3 is 9.64 Å². The summed E-state index contributed by atoms with van der Waals surface area (Å²) in [4.78, 5) is 13.8. The zero-order valence-electron chi connectivity index (χ0n) is 12.2. The van der Waals surface area contributed by atoms with E-state index in [1.54, 1.807) is 0 Å². The molecule has 0 saturated carbocycles.